The van der Waals surface area contributed by atoms with E-state index in [1.165, 1.54) is 5.56 Å². The molecule has 0 radical (unpaired) electrons. The van der Waals surface area contributed by atoms with Crippen LogP contribution < -0.4 is 14.8 Å². The van der Waals surface area contributed by atoms with Crippen molar-refractivity contribution in [3.63, 3.8) is 0 Å². The molecule has 1 saturated heterocycles. The number of nitrogens with one attached hydrogen (secondary N) is 1. The van der Waals surface area contributed by atoms with Gasteiger partial charge in [0.1, 0.15) is 16.0 Å². The molecular formula is C11H14BrNO2. The molecule has 1 aliphatic heterocycles. The van der Waals surface area contributed by atoms with Gasteiger partial charge in [-0.1, -0.05) is 0 Å². The molecule has 0 amide bonds. The Morgan fingerprint density at radius 3 is 2.07 bits per heavy atom. The highest BCUT2D eigenvalue weighted by Gasteiger charge is 2.21. The molecule has 0 atom stereocenters. The maximum absolute atomic E-state index is 5.30. The molecule has 82 valence electrons. The molecule has 1 aromatic rings. The topological polar surface area (TPSA) is 30.5 Å². The summed E-state index contributed by atoms with van der Waals surface area (Å²) in [5, 5.41) is 3.26. The number of hydrogen-bond donors (Lipinski definition) is 1. The second-order valence-electron chi connectivity index (χ2n) is 3.59. The van der Waals surface area contributed by atoms with E-state index in [4.69, 9.17) is 9.47 Å². The van der Waals surface area contributed by atoms with Crippen LogP contribution in [0.2, 0.25) is 0 Å². The zero-order chi connectivity index (χ0) is 10.8. The van der Waals surface area contributed by atoms with Crippen LogP contribution in [0.4, 0.5) is 0 Å². The quantitative estimate of drug-likeness (QED) is 0.914. The Bertz CT molecular complexity index is 339. The molecule has 0 unspecified atom stereocenters. The van der Waals surface area contributed by atoms with Gasteiger partial charge < -0.3 is 14.8 Å². The highest BCUT2D eigenvalue weighted by molar-refractivity contribution is 9.10. The second-order valence-corrected chi connectivity index (χ2v) is 4.39. The molecule has 1 fully saturated rings. The van der Waals surface area contributed by atoms with E-state index >= 15 is 0 Å². The molecule has 15 heavy (non-hydrogen) atoms. The zero-order valence-electron chi connectivity index (χ0n) is 8.84. The van der Waals surface area contributed by atoms with Gasteiger partial charge in [-0.3, -0.25) is 0 Å². The van der Waals surface area contributed by atoms with Crippen molar-refractivity contribution in [2.45, 2.75) is 5.92 Å². The molecule has 0 bridgehead atoms. The summed E-state index contributed by atoms with van der Waals surface area (Å²) in [5.41, 5.74) is 1.27. The van der Waals surface area contributed by atoms with Gasteiger partial charge >= 0.3 is 0 Å². The summed E-state index contributed by atoms with van der Waals surface area (Å²) in [7, 11) is 3.34. The summed E-state index contributed by atoms with van der Waals surface area (Å²) in [5.74, 6) is 2.24. The number of hydrogen-bond acceptors (Lipinski definition) is 3. The number of benzene rings is 1. The minimum Gasteiger partial charge on any atom is -0.495 e. The lowest BCUT2D eigenvalue weighted by Crippen LogP contribution is -2.39. The van der Waals surface area contributed by atoms with E-state index in [1.54, 1.807) is 14.2 Å². The summed E-state index contributed by atoms with van der Waals surface area (Å²) < 4.78 is 11.5. The third-order valence-corrected chi connectivity index (χ3v) is 3.50. The zero-order valence-corrected chi connectivity index (χ0v) is 10.4. The lowest BCUT2D eigenvalue weighted by molar-refractivity contribution is 0.383. The van der Waals surface area contributed by atoms with E-state index in [9.17, 15) is 0 Å². The number of methoxy groups -OCH3 is 2. The standard InChI is InChI=1S/C11H14BrNO2/c1-14-9-3-7(8-5-13-6-8)4-10(15-2)11(9)12/h3-4,8,13H,5-6H2,1-2H3. The van der Waals surface area contributed by atoms with E-state index in [0.717, 1.165) is 29.1 Å². The van der Waals surface area contributed by atoms with Gasteiger partial charge in [-0.15, -0.1) is 0 Å². The van der Waals surface area contributed by atoms with Crippen LogP contribution >= 0.6 is 15.9 Å². The van der Waals surface area contributed by atoms with Crippen molar-refractivity contribution in [1.82, 2.24) is 5.32 Å². The SMILES string of the molecule is COc1cc(C2CNC2)cc(OC)c1Br. The molecule has 1 N–H and O–H groups in total. The molecular weight excluding hydrogens is 258 g/mol. The Kier molecular flexibility index (Phi) is 3.17. The van der Waals surface area contributed by atoms with Crippen LogP contribution in [0.15, 0.2) is 16.6 Å². The van der Waals surface area contributed by atoms with Gasteiger partial charge in [-0.05, 0) is 33.6 Å². The number of rotatable bonds is 3. The average molecular weight is 272 g/mol. The predicted octanol–water partition coefficient (Wildman–Crippen LogP) is 2.15. The van der Waals surface area contributed by atoms with Crippen LogP contribution in [0.5, 0.6) is 11.5 Å². The minimum absolute atomic E-state index is 0.584. The van der Waals surface area contributed by atoms with Crippen LogP contribution in [-0.4, -0.2) is 27.3 Å². The van der Waals surface area contributed by atoms with Crippen LogP contribution in [0.1, 0.15) is 11.5 Å². The normalized spacial score (nSPS) is 15.9. The first kappa shape index (κ1) is 10.8. The molecule has 1 aromatic carbocycles. The summed E-state index contributed by atoms with van der Waals surface area (Å²) in [6.45, 7) is 2.07. The maximum atomic E-state index is 5.30. The Morgan fingerprint density at radius 1 is 1.20 bits per heavy atom. The fourth-order valence-electron chi connectivity index (χ4n) is 1.65. The Balaban J connectivity index is 2.38. The van der Waals surface area contributed by atoms with Gasteiger partial charge in [-0.25, -0.2) is 0 Å². The van der Waals surface area contributed by atoms with E-state index in [1.807, 2.05) is 0 Å². The third-order valence-electron chi connectivity index (χ3n) is 2.72. The number of halogens is 1. The van der Waals surface area contributed by atoms with Gasteiger partial charge in [-0.2, -0.15) is 0 Å². The van der Waals surface area contributed by atoms with E-state index in [0.29, 0.717) is 5.92 Å². The Labute approximate surface area is 97.9 Å². The van der Waals surface area contributed by atoms with Crippen LogP contribution in [0.25, 0.3) is 0 Å². The second kappa shape index (κ2) is 4.41. The smallest absolute Gasteiger partial charge is 0.137 e. The molecule has 2 rings (SSSR count). The van der Waals surface area contributed by atoms with Crippen molar-refractivity contribution in [3.05, 3.63) is 22.2 Å². The fraction of sp³-hybridized carbons (Fsp3) is 0.455. The minimum atomic E-state index is 0.584. The lowest BCUT2D eigenvalue weighted by atomic mass is 9.93. The molecule has 0 saturated carbocycles. The molecule has 0 aliphatic carbocycles. The van der Waals surface area contributed by atoms with Gasteiger partial charge in [0.2, 0.25) is 0 Å². The van der Waals surface area contributed by atoms with Crippen LogP contribution in [0.3, 0.4) is 0 Å². The van der Waals surface area contributed by atoms with Gasteiger partial charge in [0.25, 0.3) is 0 Å². The summed E-state index contributed by atoms with van der Waals surface area (Å²) in [6.07, 6.45) is 0. The maximum Gasteiger partial charge on any atom is 0.137 e. The largest absolute Gasteiger partial charge is 0.495 e. The van der Waals surface area contributed by atoms with Gasteiger partial charge in [0, 0.05) is 19.0 Å². The summed E-state index contributed by atoms with van der Waals surface area (Å²) >= 11 is 3.46. The monoisotopic (exact) mass is 271 g/mol. The van der Waals surface area contributed by atoms with Gasteiger partial charge in [0.05, 0.1) is 14.2 Å². The van der Waals surface area contributed by atoms with Crippen LogP contribution in [-0.2, 0) is 0 Å². The summed E-state index contributed by atoms with van der Waals surface area (Å²) in [6, 6.07) is 4.14. The highest BCUT2D eigenvalue weighted by atomic mass is 79.9. The predicted molar refractivity (Wildman–Crippen MR) is 62.9 cm³/mol. The van der Waals surface area contributed by atoms with E-state index < -0.39 is 0 Å². The van der Waals surface area contributed by atoms with Crippen LogP contribution in [0, 0.1) is 0 Å². The highest BCUT2D eigenvalue weighted by Crippen LogP contribution is 2.38. The van der Waals surface area contributed by atoms with E-state index in [-0.39, 0.29) is 0 Å². The average Bonchev–Trinajstić information content (AvgIpc) is 2.17. The van der Waals surface area contributed by atoms with Crippen molar-refractivity contribution >= 4 is 15.9 Å². The molecule has 0 aromatic heterocycles. The van der Waals surface area contributed by atoms with E-state index in [2.05, 4.69) is 33.4 Å². The van der Waals surface area contributed by atoms with Crippen molar-refractivity contribution < 1.29 is 9.47 Å². The van der Waals surface area contributed by atoms with Crippen molar-refractivity contribution in [2.24, 2.45) is 0 Å². The third kappa shape index (κ3) is 1.96. The first-order valence-corrected chi connectivity index (χ1v) is 5.67. The van der Waals surface area contributed by atoms with Crippen molar-refractivity contribution in [3.8, 4) is 11.5 Å². The first-order valence-electron chi connectivity index (χ1n) is 4.88. The fourth-order valence-corrected chi connectivity index (χ4v) is 2.20. The molecule has 1 aliphatic rings. The lowest BCUT2D eigenvalue weighted by Gasteiger charge is -2.28. The summed E-state index contributed by atoms with van der Waals surface area (Å²) in [4.78, 5) is 0. The molecule has 4 heteroatoms. The Hall–Kier alpha value is -0.740. The van der Waals surface area contributed by atoms with Crippen molar-refractivity contribution in [1.29, 1.82) is 0 Å². The van der Waals surface area contributed by atoms with Gasteiger partial charge in [0.15, 0.2) is 0 Å². The number of ether oxygens (including phenoxy) is 2. The molecule has 1 heterocycles. The molecule has 0 spiro atoms. The molecule has 3 nitrogen and oxygen atoms in total. The Morgan fingerprint density at radius 2 is 1.73 bits per heavy atom. The van der Waals surface area contributed by atoms with Crippen molar-refractivity contribution in [2.75, 3.05) is 27.3 Å². The first-order chi connectivity index (χ1) is 7.26.